The third-order valence-electron chi connectivity index (χ3n) is 4.49. The molecule has 0 saturated heterocycles. The molecular weight excluding hydrogens is 368 g/mol. The zero-order valence-corrected chi connectivity index (χ0v) is 17.2. The van der Waals surface area contributed by atoms with Crippen molar-refractivity contribution in [3.63, 3.8) is 0 Å². The summed E-state index contributed by atoms with van der Waals surface area (Å²) in [6.45, 7) is 7.65. The average Bonchev–Trinajstić information content (AvgIpc) is 3.18. The van der Waals surface area contributed by atoms with E-state index in [-0.39, 0.29) is 5.91 Å². The Kier molecular flexibility index (Phi) is 7.00. The molecule has 154 valence electrons. The number of rotatable bonds is 10. The lowest BCUT2D eigenvalue weighted by molar-refractivity contribution is 0.0953. The first-order chi connectivity index (χ1) is 14.2. The van der Waals surface area contributed by atoms with E-state index in [0.29, 0.717) is 49.2 Å². The number of carbonyl (C=O) groups excluding carboxylic acids is 1. The minimum Gasteiger partial charge on any atom is -0.490 e. The minimum atomic E-state index is -0.169. The van der Waals surface area contributed by atoms with Crippen molar-refractivity contribution in [2.75, 3.05) is 26.4 Å². The number of carbonyl (C=O) groups is 1. The van der Waals surface area contributed by atoms with E-state index >= 15 is 0 Å². The van der Waals surface area contributed by atoms with Crippen LogP contribution >= 0.6 is 0 Å². The van der Waals surface area contributed by atoms with Crippen molar-refractivity contribution >= 4 is 16.8 Å². The van der Waals surface area contributed by atoms with Crippen LogP contribution in [0.2, 0.25) is 0 Å². The summed E-state index contributed by atoms with van der Waals surface area (Å²) in [7, 11) is 0. The van der Waals surface area contributed by atoms with Gasteiger partial charge in [-0.1, -0.05) is 6.07 Å². The van der Waals surface area contributed by atoms with E-state index in [2.05, 4.69) is 28.5 Å². The van der Waals surface area contributed by atoms with E-state index in [4.69, 9.17) is 14.2 Å². The van der Waals surface area contributed by atoms with Crippen LogP contribution in [0.3, 0.4) is 0 Å². The van der Waals surface area contributed by atoms with Crippen LogP contribution in [0.1, 0.15) is 36.7 Å². The fourth-order valence-corrected chi connectivity index (χ4v) is 3.20. The molecule has 0 fully saturated rings. The van der Waals surface area contributed by atoms with Gasteiger partial charge in [-0.25, -0.2) is 0 Å². The molecule has 1 amide bonds. The number of aromatic amines is 1. The predicted octanol–water partition coefficient (Wildman–Crippen LogP) is 4.34. The van der Waals surface area contributed by atoms with E-state index in [1.54, 1.807) is 12.1 Å². The number of benzene rings is 2. The van der Waals surface area contributed by atoms with E-state index in [9.17, 15) is 4.79 Å². The number of nitrogens with one attached hydrogen (secondary N) is 2. The Morgan fingerprint density at radius 3 is 2.28 bits per heavy atom. The molecule has 3 aromatic rings. The summed E-state index contributed by atoms with van der Waals surface area (Å²) in [5.41, 5.74) is 2.77. The monoisotopic (exact) mass is 396 g/mol. The SMILES string of the molecule is CCOc1cc(C(=O)NCCc2ccc3[nH]ccc3c2)cc(OCC)c1OCC. The van der Waals surface area contributed by atoms with Gasteiger partial charge in [0.1, 0.15) is 0 Å². The highest BCUT2D eigenvalue weighted by molar-refractivity contribution is 5.95. The lowest BCUT2D eigenvalue weighted by Crippen LogP contribution is -2.25. The summed E-state index contributed by atoms with van der Waals surface area (Å²) < 4.78 is 17.1. The normalized spacial score (nSPS) is 10.7. The molecule has 29 heavy (non-hydrogen) atoms. The topological polar surface area (TPSA) is 72.6 Å². The minimum absolute atomic E-state index is 0.169. The first-order valence-electron chi connectivity index (χ1n) is 10.1. The standard InChI is InChI=1S/C23H28N2O4/c1-4-27-20-14-18(15-21(28-5-2)22(20)29-6-3)23(26)25-11-9-16-7-8-19-17(13-16)10-12-24-19/h7-8,10,12-15,24H,4-6,9,11H2,1-3H3,(H,25,26). The van der Waals surface area contributed by atoms with E-state index < -0.39 is 0 Å². The summed E-state index contributed by atoms with van der Waals surface area (Å²) in [5.74, 6) is 1.40. The van der Waals surface area contributed by atoms with Crippen LogP contribution in [0.15, 0.2) is 42.6 Å². The summed E-state index contributed by atoms with van der Waals surface area (Å²) in [6.07, 6.45) is 2.68. The fraction of sp³-hybridized carbons (Fsp3) is 0.348. The van der Waals surface area contributed by atoms with Crippen molar-refractivity contribution in [1.29, 1.82) is 0 Å². The highest BCUT2D eigenvalue weighted by Crippen LogP contribution is 2.39. The number of aromatic nitrogens is 1. The van der Waals surface area contributed by atoms with Gasteiger partial charge < -0.3 is 24.5 Å². The van der Waals surface area contributed by atoms with E-state index in [1.807, 2.05) is 33.0 Å². The molecule has 0 radical (unpaired) electrons. The number of ether oxygens (including phenoxy) is 3. The largest absolute Gasteiger partial charge is 0.490 e. The quantitative estimate of drug-likeness (QED) is 0.535. The number of amides is 1. The van der Waals surface area contributed by atoms with Crippen molar-refractivity contribution < 1.29 is 19.0 Å². The van der Waals surface area contributed by atoms with Crippen LogP contribution in [-0.2, 0) is 6.42 Å². The van der Waals surface area contributed by atoms with Crippen LogP contribution in [0.5, 0.6) is 17.2 Å². The summed E-state index contributed by atoms with van der Waals surface area (Å²) >= 11 is 0. The molecular formula is C23H28N2O4. The van der Waals surface area contributed by atoms with Gasteiger partial charge in [-0.3, -0.25) is 4.79 Å². The molecule has 6 nitrogen and oxygen atoms in total. The van der Waals surface area contributed by atoms with Crippen LogP contribution in [0.25, 0.3) is 10.9 Å². The molecule has 0 atom stereocenters. The van der Waals surface area contributed by atoms with Crippen molar-refractivity contribution in [3.05, 3.63) is 53.7 Å². The summed E-state index contributed by atoms with van der Waals surface area (Å²) in [4.78, 5) is 15.9. The van der Waals surface area contributed by atoms with Gasteiger partial charge in [-0.15, -0.1) is 0 Å². The molecule has 0 spiro atoms. The Hall–Kier alpha value is -3.15. The van der Waals surface area contributed by atoms with Crippen LogP contribution in [0.4, 0.5) is 0 Å². The Morgan fingerprint density at radius 1 is 0.931 bits per heavy atom. The number of H-pyrrole nitrogens is 1. The van der Waals surface area contributed by atoms with Gasteiger partial charge in [0.25, 0.3) is 5.91 Å². The van der Waals surface area contributed by atoms with Gasteiger partial charge in [0.2, 0.25) is 5.75 Å². The molecule has 0 aliphatic carbocycles. The van der Waals surface area contributed by atoms with Gasteiger partial charge >= 0.3 is 0 Å². The lowest BCUT2D eigenvalue weighted by Gasteiger charge is -2.17. The average molecular weight is 396 g/mol. The lowest BCUT2D eigenvalue weighted by atomic mass is 10.1. The van der Waals surface area contributed by atoms with Crippen LogP contribution < -0.4 is 19.5 Å². The second kappa shape index (κ2) is 9.87. The summed E-state index contributed by atoms with van der Waals surface area (Å²) in [5, 5.41) is 4.15. The zero-order chi connectivity index (χ0) is 20.6. The van der Waals surface area contributed by atoms with E-state index in [1.165, 1.54) is 10.9 Å². The van der Waals surface area contributed by atoms with Gasteiger partial charge in [-0.05, 0) is 68.5 Å². The third-order valence-corrected chi connectivity index (χ3v) is 4.49. The molecule has 0 aliphatic heterocycles. The van der Waals surface area contributed by atoms with E-state index in [0.717, 1.165) is 11.9 Å². The van der Waals surface area contributed by atoms with Crippen molar-refractivity contribution in [2.24, 2.45) is 0 Å². The number of hydrogen-bond acceptors (Lipinski definition) is 4. The maximum atomic E-state index is 12.7. The second-order valence-corrected chi connectivity index (χ2v) is 6.51. The molecule has 0 bridgehead atoms. The first kappa shape index (κ1) is 20.6. The Balaban J connectivity index is 1.71. The molecule has 1 aromatic heterocycles. The highest BCUT2D eigenvalue weighted by atomic mass is 16.5. The maximum absolute atomic E-state index is 12.7. The van der Waals surface area contributed by atoms with Crippen LogP contribution in [-0.4, -0.2) is 37.3 Å². The Bertz CT molecular complexity index is 937. The van der Waals surface area contributed by atoms with Gasteiger partial charge in [0.15, 0.2) is 11.5 Å². The molecule has 2 aromatic carbocycles. The second-order valence-electron chi connectivity index (χ2n) is 6.51. The first-order valence-corrected chi connectivity index (χ1v) is 10.1. The van der Waals surface area contributed by atoms with Crippen molar-refractivity contribution in [3.8, 4) is 17.2 Å². The molecule has 1 heterocycles. The smallest absolute Gasteiger partial charge is 0.251 e. The molecule has 6 heteroatoms. The van der Waals surface area contributed by atoms with Crippen molar-refractivity contribution in [1.82, 2.24) is 10.3 Å². The number of hydrogen-bond donors (Lipinski definition) is 2. The molecule has 0 aliphatic rings. The molecule has 0 unspecified atom stereocenters. The van der Waals surface area contributed by atoms with Gasteiger partial charge in [0, 0.05) is 23.8 Å². The summed E-state index contributed by atoms with van der Waals surface area (Å²) in [6, 6.07) is 11.7. The van der Waals surface area contributed by atoms with Gasteiger partial charge in [-0.2, -0.15) is 0 Å². The van der Waals surface area contributed by atoms with Gasteiger partial charge in [0.05, 0.1) is 19.8 Å². The Morgan fingerprint density at radius 2 is 1.62 bits per heavy atom. The van der Waals surface area contributed by atoms with Crippen LogP contribution in [0, 0.1) is 0 Å². The molecule has 0 saturated carbocycles. The van der Waals surface area contributed by atoms with Crippen molar-refractivity contribution in [2.45, 2.75) is 27.2 Å². The predicted molar refractivity (Wildman–Crippen MR) is 114 cm³/mol. The highest BCUT2D eigenvalue weighted by Gasteiger charge is 2.18. The fourth-order valence-electron chi connectivity index (χ4n) is 3.20. The third kappa shape index (κ3) is 5.02. The Labute approximate surface area is 171 Å². The molecule has 2 N–H and O–H groups in total. The molecule has 3 rings (SSSR count). The number of fused-ring (bicyclic) bond motifs is 1. The maximum Gasteiger partial charge on any atom is 0.251 e. The zero-order valence-electron chi connectivity index (χ0n) is 17.2.